The van der Waals surface area contributed by atoms with E-state index < -0.39 is 18.1 Å². The minimum Gasteiger partial charge on any atom is -0.467 e. The van der Waals surface area contributed by atoms with Gasteiger partial charge in [-0.25, -0.2) is 4.79 Å². The topological polar surface area (TPSA) is 91.5 Å². The first kappa shape index (κ1) is 26.2. The van der Waals surface area contributed by atoms with Crippen molar-refractivity contribution in [3.63, 3.8) is 0 Å². The first-order valence-corrected chi connectivity index (χ1v) is 13.2. The van der Waals surface area contributed by atoms with Crippen LogP contribution in [0.15, 0.2) is 79.0 Å². The summed E-state index contributed by atoms with van der Waals surface area (Å²) in [6.45, 7) is 4.35. The average Bonchev–Trinajstić information content (AvgIpc) is 3.57. The number of aromatic nitrogens is 1. The number of hydrogen-bond donors (Lipinski definition) is 2. The number of carbonyl (C=O) groups is 3. The monoisotopic (exact) mass is 523 g/mol. The maximum atomic E-state index is 14.0. The standard InChI is InChI=1S/C32H33N3O4/c1-20-15-21(2)17-23(16-20)31(37)35-14-13-26(22-9-5-4-6-10-22)29(35)30(36)34-28(32(38)39-3)18-24-19-33-27-12-8-7-11-25(24)27/h4-12,15-17,19,26,28-29,33H,13-14,18H2,1-3H3,(H,34,36)/t26-,28+,29+/m1/s1. The van der Waals surface area contributed by atoms with E-state index in [-0.39, 0.29) is 24.2 Å². The van der Waals surface area contributed by atoms with Crippen molar-refractivity contribution in [2.24, 2.45) is 0 Å². The molecular formula is C32H33N3O4. The number of H-pyrrole nitrogens is 1. The van der Waals surface area contributed by atoms with Crippen molar-refractivity contribution < 1.29 is 19.1 Å². The quantitative estimate of drug-likeness (QED) is 0.344. The number of aromatic amines is 1. The highest BCUT2D eigenvalue weighted by atomic mass is 16.5. The molecule has 0 radical (unpaired) electrons. The number of aryl methyl sites for hydroxylation is 2. The van der Waals surface area contributed by atoms with Gasteiger partial charge >= 0.3 is 5.97 Å². The van der Waals surface area contributed by atoms with Gasteiger partial charge in [-0.05, 0) is 49.6 Å². The van der Waals surface area contributed by atoms with Crippen molar-refractivity contribution >= 4 is 28.7 Å². The molecule has 4 aromatic rings. The summed E-state index contributed by atoms with van der Waals surface area (Å²) in [5, 5.41) is 3.93. The van der Waals surface area contributed by atoms with Gasteiger partial charge in [0.25, 0.3) is 5.91 Å². The van der Waals surface area contributed by atoms with Gasteiger partial charge in [0.05, 0.1) is 7.11 Å². The van der Waals surface area contributed by atoms with Gasteiger partial charge in [-0.1, -0.05) is 65.7 Å². The molecule has 1 saturated heterocycles. The van der Waals surface area contributed by atoms with Crippen molar-refractivity contribution in [3.05, 3.63) is 107 Å². The zero-order chi connectivity index (χ0) is 27.5. The third-order valence-corrected chi connectivity index (χ3v) is 7.52. The molecule has 0 unspecified atom stereocenters. The van der Waals surface area contributed by atoms with Gasteiger partial charge < -0.3 is 19.9 Å². The highest BCUT2D eigenvalue weighted by molar-refractivity contribution is 5.99. The normalized spacial score (nSPS) is 17.7. The molecule has 0 bridgehead atoms. The minimum atomic E-state index is -0.906. The zero-order valence-corrected chi connectivity index (χ0v) is 22.4. The molecule has 0 spiro atoms. The molecule has 7 heteroatoms. The maximum Gasteiger partial charge on any atom is 0.328 e. The number of nitrogens with one attached hydrogen (secondary N) is 2. The minimum absolute atomic E-state index is 0.188. The number of rotatable bonds is 7. The molecule has 5 rings (SSSR count). The van der Waals surface area contributed by atoms with E-state index in [2.05, 4.69) is 10.3 Å². The van der Waals surface area contributed by atoms with Crippen molar-refractivity contribution in [2.45, 2.75) is 44.7 Å². The summed E-state index contributed by atoms with van der Waals surface area (Å²) in [4.78, 5) is 45.5. The molecule has 1 fully saturated rings. The van der Waals surface area contributed by atoms with E-state index in [0.29, 0.717) is 18.5 Å². The van der Waals surface area contributed by atoms with Crippen LogP contribution in [0, 0.1) is 13.8 Å². The van der Waals surface area contributed by atoms with Gasteiger partial charge in [0.15, 0.2) is 0 Å². The summed E-state index contributed by atoms with van der Waals surface area (Å²) in [5.74, 6) is -1.29. The van der Waals surface area contributed by atoms with Crippen LogP contribution < -0.4 is 5.32 Å². The molecule has 2 heterocycles. The first-order chi connectivity index (χ1) is 18.9. The number of fused-ring (bicyclic) bond motifs is 1. The number of methoxy groups -OCH3 is 1. The van der Waals surface area contributed by atoms with Gasteiger partial charge in [0, 0.05) is 41.5 Å². The Hall–Kier alpha value is -4.39. The Morgan fingerprint density at radius 1 is 1.00 bits per heavy atom. The molecule has 0 aliphatic carbocycles. The van der Waals surface area contributed by atoms with Crippen LogP contribution in [-0.4, -0.2) is 53.4 Å². The van der Waals surface area contributed by atoms with E-state index in [0.717, 1.165) is 33.2 Å². The molecule has 3 aromatic carbocycles. The van der Waals surface area contributed by atoms with Gasteiger partial charge in [0.1, 0.15) is 12.1 Å². The third-order valence-electron chi connectivity index (χ3n) is 7.52. The van der Waals surface area contributed by atoms with E-state index >= 15 is 0 Å². The number of para-hydroxylation sites is 1. The Balaban J connectivity index is 1.46. The lowest BCUT2D eigenvalue weighted by atomic mass is 9.90. The van der Waals surface area contributed by atoms with Gasteiger partial charge in [-0.2, -0.15) is 0 Å². The number of ether oxygens (including phenoxy) is 1. The van der Waals surface area contributed by atoms with E-state index in [9.17, 15) is 14.4 Å². The van der Waals surface area contributed by atoms with E-state index in [1.807, 2.05) is 92.8 Å². The van der Waals surface area contributed by atoms with Crippen LogP contribution in [0.4, 0.5) is 0 Å². The highest BCUT2D eigenvalue weighted by Crippen LogP contribution is 2.35. The van der Waals surface area contributed by atoms with Crippen molar-refractivity contribution in [1.29, 1.82) is 0 Å². The van der Waals surface area contributed by atoms with E-state index in [4.69, 9.17) is 4.74 Å². The Kier molecular flexibility index (Phi) is 7.50. The molecule has 1 aliphatic rings. The fourth-order valence-corrected chi connectivity index (χ4v) is 5.77. The summed E-state index contributed by atoms with van der Waals surface area (Å²) in [6.07, 6.45) is 2.76. The van der Waals surface area contributed by atoms with Gasteiger partial charge in [0.2, 0.25) is 5.91 Å². The second kappa shape index (κ2) is 11.2. The van der Waals surface area contributed by atoms with Crippen LogP contribution in [0.5, 0.6) is 0 Å². The molecule has 39 heavy (non-hydrogen) atoms. The SMILES string of the molecule is COC(=O)[C@H](Cc1c[nH]c2ccccc12)NC(=O)[C@@H]1[C@@H](c2ccccc2)CCN1C(=O)c1cc(C)cc(C)c1. The molecule has 3 atom stereocenters. The number of esters is 1. The Morgan fingerprint density at radius 3 is 2.41 bits per heavy atom. The Morgan fingerprint density at radius 2 is 1.69 bits per heavy atom. The Labute approximate surface area is 228 Å². The summed E-state index contributed by atoms with van der Waals surface area (Å²) < 4.78 is 5.07. The van der Waals surface area contributed by atoms with Gasteiger partial charge in [-0.15, -0.1) is 0 Å². The van der Waals surface area contributed by atoms with Crippen molar-refractivity contribution in [1.82, 2.24) is 15.2 Å². The van der Waals surface area contributed by atoms with Crippen LogP contribution in [0.1, 0.15) is 45.0 Å². The lowest BCUT2D eigenvalue weighted by Crippen LogP contribution is -2.53. The van der Waals surface area contributed by atoms with Crippen molar-refractivity contribution in [2.75, 3.05) is 13.7 Å². The molecule has 2 amide bonds. The molecule has 1 aromatic heterocycles. The highest BCUT2D eigenvalue weighted by Gasteiger charge is 2.44. The molecule has 0 saturated carbocycles. The molecular weight excluding hydrogens is 490 g/mol. The fourth-order valence-electron chi connectivity index (χ4n) is 5.77. The molecule has 1 aliphatic heterocycles. The Bertz CT molecular complexity index is 1490. The zero-order valence-electron chi connectivity index (χ0n) is 22.4. The van der Waals surface area contributed by atoms with Crippen LogP contribution in [0.25, 0.3) is 10.9 Å². The van der Waals surface area contributed by atoms with E-state index in [1.165, 1.54) is 7.11 Å². The lowest BCUT2D eigenvalue weighted by molar-refractivity contribution is -0.145. The maximum absolute atomic E-state index is 14.0. The lowest BCUT2D eigenvalue weighted by Gasteiger charge is -2.29. The van der Waals surface area contributed by atoms with E-state index in [1.54, 1.807) is 4.90 Å². The number of amides is 2. The second-order valence-corrected chi connectivity index (χ2v) is 10.3. The average molecular weight is 524 g/mol. The fraction of sp³-hybridized carbons (Fsp3) is 0.281. The van der Waals surface area contributed by atoms with Gasteiger partial charge in [-0.3, -0.25) is 9.59 Å². The summed E-state index contributed by atoms with van der Waals surface area (Å²) in [5.41, 5.74) is 5.37. The predicted molar refractivity (Wildman–Crippen MR) is 150 cm³/mol. The van der Waals surface area contributed by atoms with Crippen LogP contribution in [0.3, 0.4) is 0 Å². The van der Waals surface area contributed by atoms with Crippen molar-refractivity contribution in [3.8, 4) is 0 Å². The van der Waals surface area contributed by atoms with Crippen LogP contribution in [-0.2, 0) is 20.7 Å². The van der Waals surface area contributed by atoms with Crippen LogP contribution >= 0.6 is 0 Å². The number of likely N-dealkylation sites (tertiary alicyclic amines) is 1. The summed E-state index contributed by atoms with van der Waals surface area (Å²) in [6, 6.07) is 21.6. The third kappa shape index (κ3) is 5.43. The smallest absolute Gasteiger partial charge is 0.328 e. The molecule has 200 valence electrons. The predicted octanol–water partition coefficient (Wildman–Crippen LogP) is 4.68. The number of nitrogens with zero attached hydrogens (tertiary/aromatic N) is 1. The number of hydrogen-bond acceptors (Lipinski definition) is 4. The second-order valence-electron chi connectivity index (χ2n) is 10.3. The number of carbonyl (C=O) groups excluding carboxylic acids is 3. The molecule has 2 N–H and O–H groups in total. The summed E-state index contributed by atoms with van der Waals surface area (Å²) >= 11 is 0. The first-order valence-electron chi connectivity index (χ1n) is 13.2. The number of benzene rings is 3. The largest absolute Gasteiger partial charge is 0.467 e. The van der Waals surface area contributed by atoms with Crippen LogP contribution in [0.2, 0.25) is 0 Å². The molecule has 7 nitrogen and oxygen atoms in total. The summed E-state index contributed by atoms with van der Waals surface area (Å²) in [7, 11) is 1.31.